The second-order valence-electron chi connectivity index (χ2n) is 5.97. The maximum Gasteiger partial charge on any atom is 0.240 e. The van der Waals surface area contributed by atoms with Gasteiger partial charge in [-0.2, -0.15) is 5.10 Å². The number of amides is 1. The Balaban J connectivity index is 1.79. The lowest BCUT2D eigenvalue weighted by atomic mass is 9.90. The number of aromatic nitrogens is 2. The van der Waals surface area contributed by atoms with Crippen molar-refractivity contribution in [1.82, 2.24) is 15.1 Å². The molecule has 1 amide bonds. The molecule has 2 aromatic rings. The van der Waals surface area contributed by atoms with Gasteiger partial charge in [0.05, 0.1) is 17.3 Å². The Morgan fingerprint density at radius 3 is 2.78 bits per heavy atom. The Kier molecular flexibility index (Phi) is 4.45. The molecular formula is C17H22N4O2. The summed E-state index contributed by atoms with van der Waals surface area (Å²) in [7, 11) is 0. The fourth-order valence-electron chi connectivity index (χ4n) is 2.85. The normalized spacial score (nSPS) is 18.3. The van der Waals surface area contributed by atoms with Crippen molar-refractivity contribution in [2.75, 3.05) is 13.2 Å². The van der Waals surface area contributed by atoms with E-state index in [1.165, 1.54) is 0 Å². The molecule has 23 heavy (non-hydrogen) atoms. The minimum Gasteiger partial charge on any atom is -0.381 e. The van der Waals surface area contributed by atoms with E-state index < -0.39 is 5.54 Å². The first-order chi connectivity index (χ1) is 11.1. The van der Waals surface area contributed by atoms with Crippen LogP contribution in [0.25, 0.3) is 5.69 Å². The Hall–Kier alpha value is -2.18. The van der Waals surface area contributed by atoms with E-state index in [1.807, 2.05) is 43.5 Å². The monoisotopic (exact) mass is 314 g/mol. The third-order valence-corrected chi connectivity index (χ3v) is 4.34. The molecule has 0 radical (unpaired) electrons. The number of carbonyl (C=O) groups is 1. The predicted molar refractivity (Wildman–Crippen MR) is 87.1 cm³/mol. The third kappa shape index (κ3) is 3.28. The summed E-state index contributed by atoms with van der Waals surface area (Å²) in [4.78, 5) is 12.6. The molecule has 0 spiro atoms. The lowest BCUT2D eigenvalue weighted by Crippen LogP contribution is -2.57. The molecular weight excluding hydrogens is 292 g/mol. The average molecular weight is 314 g/mol. The van der Waals surface area contributed by atoms with Gasteiger partial charge in [0.15, 0.2) is 0 Å². The van der Waals surface area contributed by atoms with E-state index in [0.717, 1.165) is 11.3 Å². The van der Waals surface area contributed by atoms with Crippen LogP contribution in [0.3, 0.4) is 0 Å². The molecule has 3 rings (SSSR count). The van der Waals surface area contributed by atoms with Crippen LogP contribution in [0.5, 0.6) is 0 Å². The molecule has 1 atom stereocenters. The SMILES string of the molecule is CC(NC(=O)C1(N)CCOCC1)c1ccccc1-n1cccn1. The molecule has 0 aliphatic carbocycles. The number of benzene rings is 1. The van der Waals surface area contributed by atoms with Crippen LogP contribution < -0.4 is 11.1 Å². The highest BCUT2D eigenvalue weighted by atomic mass is 16.5. The number of nitrogens with two attached hydrogens (primary N) is 1. The minimum absolute atomic E-state index is 0.122. The number of rotatable bonds is 4. The number of hydrogen-bond acceptors (Lipinski definition) is 4. The standard InChI is InChI=1S/C17H22N4O2/c1-13(20-16(22)17(18)7-11-23-12-8-17)14-5-2-3-6-15(14)21-10-4-9-19-21/h2-6,9-10,13H,7-8,11-12,18H2,1H3,(H,20,22). The number of para-hydroxylation sites is 1. The Labute approximate surface area is 135 Å². The van der Waals surface area contributed by atoms with Crippen molar-refractivity contribution >= 4 is 5.91 Å². The molecule has 3 N–H and O–H groups in total. The second kappa shape index (κ2) is 6.52. The zero-order valence-electron chi connectivity index (χ0n) is 13.2. The van der Waals surface area contributed by atoms with Crippen molar-refractivity contribution in [2.24, 2.45) is 5.73 Å². The molecule has 1 unspecified atom stereocenters. The van der Waals surface area contributed by atoms with Crippen LogP contribution in [0.2, 0.25) is 0 Å². The molecule has 1 aromatic heterocycles. The molecule has 6 heteroatoms. The predicted octanol–water partition coefficient (Wildman–Crippen LogP) is 1.56. The fraction of sp³-hybridized carbons (Fsp3) is 0.412. The van der Waals surface area contributed by atoms with Gasteiger partial charge >= 0.3 is 0 Å². The zero-order chi connectivity index (χ0) is 16.3. The Bertz CT molecular complexity index is 663. The van der Waals surface area contributed by atoms with Crippen LogP contribution >= 0.6 is 0 Å². The van der Waals surface area contributed by atoms with Gasteiger partial charge in [0.25, 0.3) is 0 Å². The number of nitrogens with zero attached hydrogens (tertiary/aromatic N) is 2. The lowest BCUT2D eigenvalue weighted by molar-refractivity contribution is -0.130. The van der Waals surface area contributed by atoms with E-state index >= 15 is 0 Å². The highest BCUT2D eigenvalue weighted by Crippen LogP contribution is 2.23. The second-order valence-corrected chi connectivity index (χ2v) is 5.97. The molecule has 1 aliphatic rings. The molecule has 0 bridgehead atoms. The van der Waals surface area contributed by atoms with Crippen LogP contribution in [-0.2, 0) is 9.53 Å². The van der Waals surface area contributed by atoms with Crippen molar-refractivity contribution in [2.45, 2.75) is 31.3 Å². The summed E-state index contributed by atoms with van der Waals surface area (Å²) < 4.78 is 7.10. The molecule has 1 aromatic carbocycles. The largest absolute Gasteiger partial charge is 0.381 e. The Morgan fingerprint density at radius 2 is 2.09 bits per heavy atom. The number of carbonyl (C=O) groups excluding carboxylic acids is 1. The smallest absolute Gasteiger partial charge is 0.240 e. The van der Waals surface area contributed by atoms with E-state index in [9.17, 15) is 4.79 Å². The van der Waals surface area contributed by atoms with E-state index in [2.05, 4.69) is 10.4 Å². The van der Waals surface area contributed by atoms with E-state index in [4.69, 9.17) is 10.5 Å². The van der Waals surface area contributed by atoms with Crippen molar-refractivity contribution in [3.8, 4) is 5.69 Å². The zero-order valence-corrected chi connectivity index (χ0v) is 13.2. The topological polar surface area (TPSA) is 82.2 Å². The van der Waals surface area contributed by atoms with Gasteiger partial charge in [-0.15, -0.1) is 0 Å². The molecule has 1 saturated heterocycles. The first-order valence-corrected chi connectivity index (χ1v) is 7.87. The maximum absolute atomic E-state index is 12.6. The van der Waals surface area contributed by atoms with Crippen molar-refractivity contribution < 1.29 is 9.53 Å². The van der Waals surface area contributed by atoms with Gasteiger partial charge in [0.1, 0.15) is 0 Å². The fourth-order valence-corrected chi connectivity index (χ4v) is 2.85. The third-order valence-electron chi connectivity index (χ3n) is 4.34. The van der Waals surface area contributed by atoms with Crippen molar-refractivity contribution in [3.05, 3.63) is 48.3 Å². The minimum atomic E-state index is -0.840. The maximum atomic E-state index is 12.6. The number of ether oxygens (including phenoxy) is 1. The molecule has 1 fully saturated rings. The summed E-state index contributed by atoms with van der Waals surface area (Å²) in [5, 5.41) is 7.32. The summed E-state index contributed by atoms with van der Waals surface area (Å²) >= 11 is 0. The summed E-state index contributed by atoms with van der Waals surface area (Å²) in [5.74, 6) is -0.122. The van der Waals surface area contributed by atoms with Crippen LogP contribution in [0.15, 0.2) is 42.7 Å². The summed E-state index contributed by atoms with van der Waals surface area (Å²) in [5.41, 5.74) is 7.36. The van der Waals surface area contributed by atoms with Crippen LogP contribution in [0.1, 0.15) is 31.4 Å². The van der Waals surface area contributed by atoms with Gasteiger partial charge in [0, 0.05) is 25.6 Å². The summed E-state index contributed by atoms with van der Waals surface area (Å²) in [6.07, 6.45) is 4.71. The molecule has 2 heterocycles. The first-order valence-electron chi connectivity index (χ1n) is 7.87. The van der Waals surface area contributed by atoms with Gasteiger partial charge in [-0.05, 0) is 37.5 Å². The number of hydrogen-bond donors (Lipinski definition) is 2. The summed E-state index contributed by atoms with van der Waals surface area (Å²) in [6.45, 7) is 3.02. The molecule has 1 aliphatic heterocycles. The Morgan fingerprint density at radius 1 is 1.35 bits per heavy atom. The molecule has 122 valence electrons. The van der Waals surface area contributed by atoms with Crippen LogP contribution in [0.4, 0.5) is 0 Å². The van der Waals surface area contributed by atoms with Gasteiger partial charge < -0.3 is 15.8 Å². The highest BCUT2D eigenvalue weighted by molar-refractivity contribution is 5.86. The van der Waals surface area contributed by atoms with Gasteiger partial charge in [-0.1, -0.05) is 18.2 Å². The molecule has 0 saturated carbocycles. The van der Waals surface area contributed by atoms with Gasteiger partial charge in [-0.3, -0.25) is 4.79 Å². The lowest BCUT2D eigenvalue weighted by Gasteiger charge is -2.33. The van der Waals surface area contributed by atoms with E-state index in [1.54, 1.807) is 10.9 Å². The quantitative estimate of drug-likeness (QED) is 0.897. The van der Waals surface area contributed by atoms with Gasteiger partial charge in [-0.25, -0.2) is 4.68 Å². The van der Waals surface area contributed by atoms with Crippen molar-refractivity contribution in [1.29, 1.82) is 0 Å². The first kappa shape index (κ1) is 15.7. The average Bonchev–Trinajstić information content (AvgIpc) is 3.10. The van der Waals surface area contributed by atoms with Crippen LogP contribution in [-0.4, -0.2) is 34.4 Å². The van der Waals surface area contributed by atoms with E-state index in [0.29, 0.717) is 26.1 Å². The van der Waals surface area contributed by atoms with Crippen LogP contribution in [0, 0.1) is 0 Å². The van der Waals surface area contributed by atoms with E-state index in [-0.39, 0.29) is 11.9 Å². The number of nitrogens with one attached hydrogen (secondary N) is 1. The summed E-state index contributed by atoms with van der Waals surface area (Å²) in [6, 6.07) is 9.60. The highest BCUT2D eigenvalue weighted by Gasteiger charge is 2.36. The molecule has 6 nitrogen and oxygen atoms in total. The van der Waals surface area contributed by atoms with Crippen molar-refractivity contribution in [3.63, 3.8) is 0 Å². The van der Waals surface area contributed by atoms with Gasteiger partial charge in [0.2, 0.25) is 5.91 Å².